The number of nitrogens with two attached hydrogens (primary N) is 1. The maximum absolute atomic E-state index is 11.9. The monoisotopic (exact) mass is 302 g/mol. The van der Waals surface area contributed by atoms with Crippen LogP contribution in [0.3, 0.4) is 0 Å². The van der Waals surface area contributed by atoms with Gasteiger partial charge in [0, 0.05) is 12.3 Å². The van der Waals surface area contributed by atoms with Crippen molar-refractivity contribution in [1.82, 2.24) is 5.32 Å². The van der Waals surface area contributed by atoms with Crippen molar-refractivity contribution >= 4 is 27.7 Å². The molecule has 17 heavy (non-hydrogen) atoms. The number of halogens is 1. The number of rotatable bonds is 5. The van der Waals surface area contributed by atoms with E-state index in [1.807, 2.05) is 0 Å². The van der Waals surface area contributed by atoms with Crippen LogP contribution in [0.2, 0.25) is 0 Å². The van der Waals surface area contributed by atoms with Crippen LogP contribution in [0.5, 0.6) is 0 Å². The molecule has 0 saturated heterocycles. The van der Waals surface area contributed by atoms with E-state index in [1.54, 1.807) is 0 Å². The molecule has 0 spiro atoms. The van der Waals surface area contributed by atoms with E-state index in [9.17, 15) is 9.59 Å². The van der Waals surface area contributed by atoms with Crippen molar-refractivity contribution < 1.29 is 9.59 Å². The van der Waals surface area contributed by atoms with Gasteiger partial charge in [-0.25, -0.2) is 0 Å². The molecule has 0 radical (unpaired) electrons. The van der Waals surface area contributed by atoms with Crippen LogP contribution in [0.15, 0.2) is 11.1 Å². The summed E-state index contributed by atoms with van der Waals surface area (Å²) in [4.78, 5) is 23.1. The molecule has 4 nitrogen and oxygen atoms in total. The van der Waals surface area contributed by atoms with E-state index in [-0.39, 0.29) is 11.8 Å². The summed E-state index contributed by atoms with van der Waals surface area (Å²) in [6.45, 7) is 3.65. The number of carbonyl (C=O) groups is 2. The molecule has 3 N–H and O–H groups in total. The number of hydrogen-bond acceptors (Lipinski definition) is 2. The lowest BCUT2D eigenvalue weighted by molar-refractivity contribution is -0.130. The summed E-state index contributed by atoms with van der Waals surface area (Å²) >= 11 is 3.18. The minimum atomic E-state index is -0.656. The molecular formula is C12H19BrN2O2. The largest absolute Gasteiger partial charge is 0.368 e. The summed E-state index contributed by atoms with van der Waals surface area (Å²) in [6.07, 6.45) is 5.53. The van der Waals surface area contributed by atoms with E-state index >= 15 is 0 Å². The maximum atomic E-state index is 11.9. The maximum Gasteiger partial charge on any atom is 0.240 e. The number of primary amides is 1. The van der Waals surface area contributed by atoms with Gasteiger partial charge in [-0.3, -0.25) is 9.59 Å². The van der Waals surface area contributed by atoms with Crippen LogP contribution < -0.4 is 11.1 Å². The van der Waals surface area contributed by atoms with Gasteiger partial charge in [-0.1, -0.05) is 41.8 Å². The zero-order valence-corrected chi connectivity index (χ0v) is 11.5. The van der Waals surface area contributed by atoms with Gasteiger partial charge in [0.1, 0.15) is 6.04 Å². The summed E-state index contributed by atoms with van der Waals surface area (Å²) in [5.74, 6) is -0.536. The van der Waals surface area contributed by atoms with E-state index in [0.29, 0.717) is 10.9 Å². The Hall–Kier alpha value is -0.840. The van der Waals surface area contributed by atoms with Gasteiger partial charge in [0.2, 0.25) is 11.8 Å². The molecule has 0 aromatic carbocycles. The average molecular weight is 303 g/mol. The van der Waals surface area contributed by atoms with E-state index in [1.165, 1.54) is 6.42 Å². The number of amides is 2. The average Bonchev–Trinajstić information content (AvgIpc) is 2.28. The Bertz CT molecular complexity index is 312. The van der Waals surface area contributed by atoms with Crippen molar-refractivity contribution in [2.24, 2.45) is 11.7 Å². The molecule has 1 atom stereocenters. The topological polar surface area (TPSA) is 72.2 Å². The first-order valence-electron chi connectivity index (χ1n) is 5.93. The second-order valence-electron chi connectivity index (χ2n) is 4.52. The first-order chi connectivity index (χ1) is 8.00. The van der Waals surface area contributed by atoms with E-state index in [0.717, 1.165) is 25.7 Å². The van der Waals surface area contributed by atoms with E-state index < -0.39 is 11.9 Å². The molecule has 1 saturated carbocycles. The molecular weight excluding hydrogens is 284 g/mol. The lowest BCUT2D eigenvalue weighted by Gasteiger charge is -2.23. The molecule has 1 fully saturated rings. The van der Waals surface area contributed by atoms with Crippen LogP contribution in [-0.2, 0) is 9.59 Å². The predicted molar refractivity (Wildman–Crippen MR) is 70.4 cm³/mol. The zero-order valence-electron chi connectivity index (χ0n) is 9.88. The molecule has 1 aliphatic rings. The molecule has 1 aliphatic carbocycles. The molecule has 1 rings (SSSR count). The van der Waals surface area contributed by atoms with Crippen LogP contribution in [0, 0.1) is 5.92 Å². The van der Waals surface area contributed by atoms with Crippen LogP contribution in [0.25, 0.3) is 0 Å². The predicted octanol–water partition coefficient (Wildman–Crippen LogP) is 1.84. The van der Waals surface area contributed by atoms with Gasteiger partial charge in [-0.2, -0.15) is 0 Å². The van der Waals surface area contributed by atoms with Crippen LogP contribution in [0.4, 0.5) is 0 Å². The summed E-state index contributed by atoms with van der Waals surface area (Å²) in [5, 5.41) is 2.71. The molecule has 96 valence electrons. The van der Waals surface area contributed by atoms with Gasteiger partial charge in [0.25, 0.3) is 0 Å². The fourth-order valence-corrected chi connectivity index (χ4v) is 2.42. The lowest BCUT2D eigenvalue weighted by atomic mass is 9.88. The van der Waals surface area contributed by atoms with Crippen molar-refractivity contribution in [3.63, 3.8) is 0 Å². The third kappa shape index (κ3) is 4.89. The Kier molecular flexibility index (Phi) is 5.68. The highest BCUT2D eigenvalue weighted by atomic mass is 79.9. The van der Waals surface area contributed by atoms with Crippen LogP contribution in [0.1, 0.15) is 38.5 Å². The third-order valence-electron chi connectivity index (χ3n) is 3.06. The quantitative estimate of drug-likeness (QED) is 0.813. The first kappa shape index (κ1) is 14.2. The van der Waals surface area contributed by atoms with Crippen LogP contribution in [-0.4, -0.2) is 17.9 Å². The van der Waals surface area contributed by atoms with Gasteiger partial charge in [0.05, 0.1) is 0 Å². The minimum absolute atomic E-state index is 0.0363. The highest BCUT2D eigenvalue weighted by molar-refractivity contribution is 9.11. The molecule has 0 unspecified atom stereocenters. The van der Waals surface area contributed by atoms with Gasteiger partial charge in [0.15, 0.2) is 0 Å². The Morgan fingerprint density at radius 3 is 2.41 bits per heavy atom. The molecule has 0 bridgehead atoms. The summed E-state index contributed by atoms with van der Waals surface area (Å²) in [7, 11) is 0. The van der Waals surface area contributed by atoms with Crippen molar-refractivity contribution in [3.05, 3.63) is 11.1 Å². The molecule has 0 aromatic heterocycles. The molecule has 5 heteroatoms. The molecule has 0 aliphatic heterocycles. The van der Waals surface area contributed by atoms with Gasteiger partial charge >= 0.3 is 0 Å². The normalized spacial score (nSPS) is 18.4. The van der Waals surface area contributed by atoms with E-state index in [4.69, 9.17) is 5.73 Å². The molecule has 0 heterocycles. The fraction of sp³-hybridized carbons (Fsp3) is 0.667. The van der Waals surface area contributed by atoms with Crippen LogP contribution >= 0.6 is 15.9 Å². The second-order valence-corrected chi connectivity index (χ2v) is 5.64. The highest BCUT2D eigenvalue weighted by Crippen LogP contribution is 2.24. The van der Waals surface area contributed by atoms with Gasteiger partial charge < -0.3 is 11.1 Å². The third-order valence-corrected chi connectivity index (χ3v) is 3.39. The zero-order chi connectivity index (χ0) is 12.8. The van der Waals surface area contributed by atoms with Gasteiger partial charge in [-0.15, -0.1) is 0 Å². The van der Waals surface area contributed by atoms with Crippen molar-refractivity contribution in [1.29, 1.82) is 0 Å². The Balaban J connectivity index is 2.50. The lowest BCUT2D eigenvalue weighted by Crippen LogP contribution is -2.46. The SMILES string of the molecule is C=C(Br)C[C@H](NC(=O)C1CCCCC1)C(N)=O. The number of nitrogens with one attached hydrogen (secondary N) is 1. The van der Waals surface area contributed by atoms with Crippen molar-refractivity contribution in [2.75, 3.05) is 0 Å². The smallest absolute Gasteiger partial charge is 0.240 e. The summed E-state index contributed by atoms with van der Waals surface area (Å²) < 4.78 is 0.658. The fourth-order valence-electron chi connectivity index (χ4n) is 2.10. The minimum Gasteiger partial charge on any atom is -0.368 e. The summed E-state index contributed by atoms with van der Waals surface area (Å²) in [6, 6.07) is -0.656. The van der Waals surface area contributed by atoms with Gasteiger partial charge in [-0.05, 0) is 17.3 Å². The Labute approximate surface area is 110 Å². The summed E-state index contributed by atoms with van der Waals surface area (Å²) in [5.41, 5.74) is 5.25. The molecule has 0 aromatic rings. The Morgan fingerprint density at radius 2 is 1.94 bits per heavy atom. The standard InChI is InChI=1S/C12H19BrN2O2/c1-8(13)7-10(11(14)16)15-12(17)9-5-3-2-4-6-9/h9-10H,1-7H2,(H2,14,16)(H,15,17)/t10-/m0/s1. The second kappa shape index (κ2) is 6.79. The van der Waals surface area contributed by atoms with Crippen molar-refractivity contribution in [2.45, 2.75) is 44.6 Å². The molecule has 2 amide bonds. The number of carbonyl (C=O) groups excluding carboxylic acids is 2. The number of hydrogen-bond donors (Lipinski definition) is 2. The Morgan fingerprint density at radius 1 is 1.35 bits per heavy atom. The van der Waals surface area contributed by atoms with E-state index in [2.05, 4.69) is 27.8 Å². The highest BCUT2D eigenvalue weighted by Gasteiger charge is 2.25. The first-order valence-corrected chi connectivity index (χ1v) is 6.73. The van der Waals surface area contributed by atoms with Crippen molar-refractivity contribution in [3.8, 4) is 0 Å².